The highest BCUT2D eigenvalue weighted by atomic mass is 16.5. The number of allylic oxidation sites excluding steroid dienone is 3. The van der Waals surface area contributed by atoms with Crippen LogP contribution in [0, 0.1) is 0 Å². The summed E-state index contributed by atoms with van der Waals surface area (Å²) in [4.78, 5) is 0. The Kier molecular flexibility index (Phi) is 7.16. The van der Waals surface area contributed by atoms with E-state index in [-0.39, 0.29) is 0 Å². The van der Waals surface area contributed by atoms with Gasteiger partial charge in [0.1, 0.15) is 0 Å². The van der Waals surface area contributed by atoms with Crippen molar-refractivity contribution in [2.45, 2.75) is 26.7 Å². The molecule has 0 aromatic carbocycles. The van der Waals surface area contributed by atoms with Crippen molar-refractivity contribution in [1.29, 1.82) is 0 Å². The standard InChI is InChI=1S/C10H18O/c1-4-5-6-7-10(2)8-9-11-3/h4-5,8H,6-7,9H2,1-3H3/b5-4+,10-8+. The van der Waals surface area contributed by atoms with E-state index in [4.69, 9.17) is 4.74 Å². The van der Waals surface area contributed by atoms with Crippen molar-refractivity contribution in [3.63, 3.8) is 0 Å². The molecule has 0 bridgehead atoms. The summed E-state index contributed by atoms with van der Waals surface area (Å²) < 4.78 is 4.92. The fourth-order valence-corrected chi connectivity index (χ4v) is 0.805. The Morgan fingerprint density at radius 1 is 1.45 bits per heavy atom. The van der Waals surface area contributed by atoms with Gasteiger partial charge >= 0.3 is 0 Å². The summed E-state index contributed by atoms with van der Waals surface area (Å²) in [5, 5.41) is 0. The number of hydrogen-bond donors (Lipinski definition) is 0. The van der Waals surface area contributed by atoms with Crippen LogP contribution < -0.4 is 0 Å². The first-order valence-electron chi connectivity index (χ1n) is 4.07. The maximum absolute atomic E-state index is 4.92. The van der Waals surface area contributed by atoms with Crippen molar-refractivity contribution in [1.82, 2.24) is 0 Å². The highest BCUT2D eigenvalue weighted by molar-refractivity contribution is 4.99. The minimum atomic E-state index is 0.738. The molecule has 0 aliphatic rings. The van der Waals surface area contributed by atoms with Gasteiger partial charge in [-0.3, -0.25) is 0 Å². The molecule has 1 nitrogen and oxygen atoms in total. The Bertz CT molecular complexity index is 134. The fraction of sp³-hybridized carbons (Fsp3) is 0.600. The first-order chi connectivity index (χ1) is 5.31. The van der Waals surface area contributed by atoms with Gasteiger partial charge in [0, 0.05) is 7.11 Å². The first kappa shape index (κ1) is 10.4. The van der Waals surface area contributed by atoms with Gasteiger partial charge in [0.05, 0.1) is 6.61 Å². The second-order valence-electron chi connectivity index (χ2n) is 2.61. The highest BCUT2D eigenvalue weighted by Gasteiger charge is 1.85. The van der Waals surface area contributed by atoms with Gasteiger partial charge in [0.15, 0.2) is 0 Å². The van der Waals surface area contributed by atoms with Gasteiger partial charge in [0.2, 0.25) is 0 Å². The lowest BCUT2D eigenvalue weighted by Gasteiger charge is -1.96. The zero-order valence-electron chi connectivity index (χ0n) is 7.76. The van der Waals surface area contributed by atoms with Crippen molar-refractivity contribution >= 4 is 0 Å². The molecule has 64 valence electrons. The highest BCUT2D eigenvalue weighted by Crippen LogP contribution is 2.03. The molecule has 11 heavy (non-hydrogen) atoms. The molecule has 0 N–H and O–H groups in total. The Hall–Kier alpha value is -0.560. The van der Waals surface area contributed by atoms with E-state index in [0.29, 0.717) is 0 Å². The van der Waals surface area contributed by atoms with Crippen LogP contribution in [0.1, 0.15) is 26.7 Å². The molecule has 0 aromatic rings. The van der Waals surface area contributed by atoms with Crippen molar-refractivity contribution in [2.75, 3.05) is 13.7 Å². The summed E-state index contributed by atoms with van der Waals surface area (Å²) in [5.41, 5.74) is 1.41. The molecule has 0 rings (SSSR count). The molecule has 0 aromatic heterocycles. The third kappa shape index (κ3) is 7.34. The summed E-state index contributed by atoms with van der Waals surface area (Å²) in [6.45, 7) is 4.93. The third-order valence-electron chi connectivity index (χ3n) is 1.54. The average molecular weight is 154 g/mol. The lowest BCUT2D eigenvalue weighted by atomic mass is 10.1. The summed E-state index contributed by atoms with van der Waals surface area (Å²) in [7, 11) is 1.72. The zero-order chi connectivity index (χ0) is 8.53. The van der Waals surface area contributed by atoms with Crippen LogP contribution in [0.15, 0.2) is 23.8 Å². The Balaban J connectivity index is 3.42. The van der Waals surface area contributed by atoms with E-state index in [9.17, 15) is 0 Å². The molecule has 0 saturated carbocycles. The van der Waals surface area contributed by atoms with E-state index in [0.717, 1.165) is 19.4 Å². The monoisotopic (exact) mass is 154 g/mol. The van der Waals surface area contributed by atoms with Gasteiger partial charge in [-0.05, 0) is 26.7 Å². The summed E-state index contributed by atoms with van der Waals surface area (Å²) in [6.07, 6.45) is 8.69. The SMILES string of the molecule is C/C=C/CC/C(C)=C/COC. The summed E-state index contributed by atoms with van der Waals surface area (Å²) in [5.74, 6) is 0. The molecular formula is C10H18O. The molecule has 0 unspecified atom stereocenters. The lowest BCUT2D eigenvalue weighted by molar-refractivity contribution is 0.233. The zero-order valence-corrected chi connectivity index (χ0v) is 7.76. The molecule has 0 aliphatic heterocycles. The van der Waals surface area contributed by atoms with Gasteiger partial charge in [-0.25, -0.2) is 0 Å². The maximum Gasteiger partial charge on any atom is 0.0646 e. The van der Waals surface area contributed by atoms with Crippen LogP contribution in [0.5, 0.6) is 0 Å². The quantitative estimate of drug-likeness (QED) is 0.553. The van der Waals surface area contributed by atoms with Crippen molar-refractivity contribution in [3.05, 3.63) is 23.8 Å². The van der Waals surface area contributed by atoms with Crippen LogP contribution in [0.25, 0.3) is 0 Å². The molecule has 0 heterocycles. The van der Waals surface area contributed by atoms with E-state index >= 15 is 0 Å². The fourth-order valence-electron chi connectivity index (χ4n) is 0.805. The van der Waals surface area contributed by atoms with Crippen LogP contribution >= 0.6 is 0 Å². The third-order valence-corrected chi connectivity index (χ3v) is 1.54. The van der Waals surface area contributed by atoms with Crippen molar-refractivity contribution < 1.29 is 4.74 Å². The molecule has 0 amide bonds. The summed E-state index contributed by atoms with van der Waals surface area (Å²) in [6, 6.07) is 0. The predicted molar refractivity (Wildman–Crippen MR) is 49.7 cm³/mol. The van der Waals surface area contributed by atoms with E-state index < -0.39 is 0 Å². The lowest BCUT2D eigenvalue weighted by Crippen LogP contribution is -1.84. The molecule has 0 saturated heterocycles. The average Bonchev–Trinajstić information content (AvgIpc) is 2.01. The minimum absolute atomic E-state index is 0.738. The maximum atomic E-state index is 4.92. The molecular weight excluding hydrogens is 136 g/mol. The number of rotatable bonds is 5. The minimum Gasteiger partial charge on any atom is -0.381 e. The number of hydrogen-bond acceptors (Lipinski definition) is 1. The van der Waals surface area contributed by atoms with Crippen LogP contribution in [-0.2, 0) is 4.74 Å². The molecule has 0 atom stereocenters. The molecule has 0 fully saturated rings. The van der Waals surface area contributed by atoms with E-state index in [2.05, 4.69) is 25.2 Å². The van der Waals surface area contributed by atoms with Gasteiger partial charge in [-0.15, -0.1) is 0 Å². The number of ether oxygens (including phenoxy) is 1. The van der Waals surface area contributed by atoms with Crippen LogP contribution in [0.2, 0.25) is 0 Å². The van der Waals surface area contributed by atoms with Gasteiger partial charge in [-0.1, -0.05) is 23.8 Å². The van der Waals surface area contributed by atoms with Crippen molar-refractivity contribution in [3.8, 4) is 0 Å². The molecule has 0 aliphatic carbocycles. The van der Waals surface area contributed by atoms with Gasteiger partial charge in [0.25, 0.3) is 0 Å². The largest absolute Gasteiger partial charge is 0.381 e. The van der Waals surface area contributed by atoms with E-state index in [1.165, 1.54) is 5.57 Å². The topological polar surface area (TPSA) is 9.23 Å². The van der Waals surface area contributed by atoms with Gasteiger partial charge < -0.3 is 4.74 Å². The van der Waals surface area contributed by atoms with Gasteiger partial charge in [-0.2, -0.15) is 0 Å². The molecule has 0 radical (unpaired) electrons. The predicted octanol–water partition coefficient (Wildman–Crippen LogP) is 2.94. The van der Waals surface area contributed by atoms with E-state index in [1.54, 1.807) is 7.11 Å². The second kappa shape index (κ2) is 7.55. The Labute approximate surface area is 69.8 Å². The van der Waals surface area contributed by atoms with Crippen LogP contribution in [-0.4, -0.2) is 13.7 Å². The summed E-state index contributed by atoms with van der Waals surface area (Å²) >= 11 is 0. The normalized spacial score (nSPS) is 12.8. The van der Waals surface area contributed by atoms with E-state index in [1.807, 2.05) is 6.92 Å². The second-order valence-corrected chi connectivity index (χ2v) is 2.61. The molecule has 0 spiro atoms. The Morgan fingerprint density at radius 2 is 2.18 bits per heavy atom. The van der Waals surface area contributed by atoms with Crippen molar-refractivity contribution in [2.24, 2.45) is 0 Å². The van der Waals surface area contributed by atoms with Crippen LogP contribution in [0.3, 0.4) is 0 Å². The van der Waals surface area contributed by atoms with Crippen LogP contribution in [0.4, 0.5) is 0 Å². The Morgan fingerprint density at radius 3 is 2.73 bits per heavy atom. The molecule has 1 heteroatoms. The smallest absolute Gasteiger partial charge is 0.0646 e. The number of methoxy groups -OCH3 is 1. The first-order valence-corrected chi connectivity index (χ1v) is 4.07.